The van der Waals surface area contributed by atoms with E-state index in [0.717, 1.165) is 25.9 Å². The van der Waals surface area contributed by atoms with Crippen molar-refractivity contribution in [3.8, 4) is 5.69 Å². The molecule has 0 N–H and O–H groups in total. The second kappa shape index (κ2) is 11.6. The van der Waals surface area contributed by atoms with E-state index in [1.807, 2.05) is 43.3 Å². The van der Waals surface area contributed by atoms with Crippen LogP contribution in [-0.4, -0.2) is 50.8 Å². The lowest BCUT2D eigenvalue weighted by Crippen LogP contribution is -2.48. The van der Waals surface area contributed by atoms with Crippen LogP contribution in [0.5, 0.6) is 0 Å². The Hall–Kier alpha value is -4.01. The molecule has 0 radical (unpaired) electrons. The van der Waals surface area contributed by atoms with E-state index >= 15 is 0 Å². The highest BCUT2D eigenvalue weighted by molar-refractivity contribution is 5.92. The number of benzene rings is 2. The van der Waals surface area contributed by atoms with E-state index in [4.69, 9.17) is 4.74 Å². The van der Waals surface area contributed by atoms with Crippen molar-refractivity contribution in [2.24, 2.45) is 5.92 Å². The van der Waals surface area contributed by atoms with Gasteiger partial charge in [-0.2, -0.15) is 9.78 Å². The fourth-order valence-corrected chi connectivity index (χ4v) is 4.64. The zero-order valence-electron chi connectivity index (χ0n) is 22.3. The molecule has 1 amide bonds. The number of amides is 1. The lowest BCUT2D eigenvalue weighted by atomic mass is 9.97. The number of carbonyl (C=O) groups excluding carboxylic acids is 2. The molecule has 200 valence electrons. The Labute approximate surface area is 221 Å². The minimum absolute atomic E-state index is 0.0160. The highest BCUT2D eigenvalue weighted by atomic mass is 16.5. The molecule has 1 aliphatic rings. The van der Waals surface area contributed by atoms with Crippen LogP contribution >= 0.6 is 0 Å². The van der Waals surface area contributed by atoms with E-state index in [1.165, 1.54) is 4.90 Å². The predicted octanol–water partition coefficient (Wildman–Crippen LogP) is 3.29. The molecule has 2 heterocycles. The van der Waals surface area contributed by atoms with Crippen molar-refractivity contribution >= 4 is 11.9 Å². The van der Waals surface area contributed by atoms with Crippen LogP contribution in [0.25, 0.3) is 5.69 Å². The van der Waals surface area contributed by atoms with E-state index < -0.39 is 17.2 Å². The van der Waals surface area contributed by atoms with Crippen molar-refractivity contribution in [2.45, 2.75) is 53.0 Å². The fraction of sp³-hybridized carbons (Fsp3) is 0.414. The van der Waals surface area contributed by atoms with Crippen LogP contribution < -0.4 is 11.2 Å². The van der Waals surface area contributed by atoms with Gasteiger partial charge in [0.25, 0.3) is 11.5 Å². The van der Waals surface area contributed by atoms with Gasteiger partial charge in [0, 0.05) is 13.1 Å². The van der Waals surface area contributed by atoms with Gasteiger partial charge in [0.15, 0.2) is 0 Å². The molecular weight excluding hydrogens is 484 g/mol. The molecule has 1 aromatic heterocycles. The molecule has 0 saturated carbocycles. The lowest BCUT2D eigenvalue weighted by Gasteiger charge is -2.30. The van der Waals surface area contributed by atoms with Crippen LogP contribution in [0.2, 0.25) is 0 Å². The molecule has 38 heavy (non-hydrogen) atoms. The van der Waals surface area contributed by atoms with E-state index in [9.17, 15) is 19.2 Å². The molecule has 0 aliphatic carbocycles. The number of nitrogens with zero attached hydrogens (tertiary/aromatic N) is 4. The SMILES string of the molecule is CCOC(=O)C1CCN(C(=O)c2nn(-c3ccc(C(C)C)cc3)c(=O)n(Cc3ccccc3C)c2=O)CC1. The summed E-state index contributed by atoms with van der Waals surface area (Å²) in [5.41, 5.74) is 1.62. The number of likely N-dealkylation sites (tertiary alicyclic amines) is 1. The number of aryl methyl sites for hydroxylation is 1. The van der Waals surface area contributed by atoms with Crippen LogP contribution in [0, 0.1) is 12.8 Å². The molecule has 0 unspecified atom stereocenters. The van der Waals surface area contributed by atoms with Gasteiger partial charge in [0.1, 0.15) is 0 Å². The molecule has 0 bridgehead atoms. The van der Waals surface area contributed by atoms with Crippen LogP contribution in [-0.2, 0) is 16.1 Å². The summed E-state index contributed by atoms with van der Waals surface area (Å²) in [5.74, 6) is -0.795. The third-order valence-electron chi connectivity index (χ3n) is 7.06. The summed E-state index contributed by atoms with van der Waals surface area (Å²) in [4.78, 5) is 54.3. The predicted molar refractivity (Wildman–Crippen MR) is 144 cm³/mol. The van der Waals surface area contributed by atoms with Crippen molar-refractivity contribution in [2.75, 3.05) is 19.7 Å². The maximum Gasteiger partial charge on any atom is 0.352 e. The molecule has 3 aromatic rings. The summed E-state index contributed by atoms with van der Waals surface area (Å²) in [6.07, 6.45) is 0.885. The van der Waals surface area contributed by atoms with Crippen molar-refractivity contribution in [1.82, 2.24) is 19.2 Å². The summed E-state index contributed by atoms with van der Waals surface area (Å²) in [6, 6.07) is 14.8. The maximum absolute atomic E-state index is 13.6. The fourth-order valence-electron chi connectivity index (χ4n) is 4.64. The minimum atomic E-state index is -0.731. The molecule has 1 aliphatic heterocycles. The van der Waals surface area contributed by atoms with Gasteiger partial charge >= 0.3 is 11.7 Å². The average Bonchev–Trinajstić information content (AvgIpc) is 2.92. The Bertz CT molecular complexity index is 1430. The number of esters is 1. The second-order valence-corrected chi connectivity index (χ2v) is 9.93. The summed E-state index contributed by atoms with van der Waals surface area (Å²) in [6.45, 7) is 8.73. The van der Waals surface area contributed by atoms with Crippen LogP contribution in [0.1, 0.15) is 66.7 Å². The standard InChI is InChI=1S/C29H34N4O5/c1-5-38-28(36)22-14-16-31(17-15-22)26(34)25-27(35)32(18-23-9-7-6-8-20(23)4)29(37)33(30-25)24-12-10-21(11-13-24)19(2)3/h6-13,19,22H,5,14-18H2,1-4H3. The first kappa shape index (κ1) is 27.0. The molecule has 0 spiro atoms. The number of piperidine rings is 1. The monoisotopic (exact) mass is 518 g/mol. The molecule has 9 heteroatoms. The van der Waals surface area contributed by atoms with Gasteiger partial charge in [0.05, 0.1) is 24.8 Å². The third kappa shape index (κ3) is 5.61. The highest BCUT2D eigenvalue weighted by Gasteiger charge is 2.31. The van der Waals surface area contributed by atoms with E-state index in [0.29, 0.717) is 44.1 Å². The zero-order valence-corrected chi connectivity index (χ0v) is 22.3. The van der Waals surface area contributed by atoms with Gasteiger partial charge in [-0.3, -0.25) is 19.0 Å². The van der Waals surface area contributed by atoms with Gasteiger partial charge in [-0.15, -0.1) is 0 Å². The van der Waals surface area contributed by atoms with Gasteiger partial charge in [-0.05, 0) is 61.4 Å². The first-order chi connectivity index (χ1) is 18.2. The van der Waals surface area contributed by atoms with E-state index in [1.54, 1.807) is 19.1 Å². The topological polar surface area (TPSA) is 104 Å². The normalized spacial score (nSPS) is 14.1. The first-order valence-corrected chi connectivity index (χ1v) is 13.1. The molecule has 9 nitrogen and oxygen atoms in total. The van der Waals surface area contributed by atoms with Crippen LogP contribution in [0.3, 0.4) is 0 Å². The summed E-state index contributed by atoms with van der Waals surface area (Å²) >= 11 is 0. The van der Waals surface area contributed by atoms with Gasteiger partial charge < -0.3 is 9.64 Å². The maximum atomic E-state index is 13.6. The Morgan fingerprint density at radius 1 is 1.03 bits per heavy atom. The summed E-state index contributed by atoms with van der Waals surface area (Å²) in [7, 11) is 0. The van der Waals surface area contributed by atoms with Gasteiger partial charge in [0.2, 0.25) is 5.69 Å². The van der Waals surface area contributed by atoms with Crippen LogP contribution in [0.15, 0.2) is 58.1 Å². The summed E-state index contributed by atoms with van der Waals surface area (Å²) in [5, 5.41) is 4.29. The Kier molecular flexibility index (Phi) is 8.24. The number of hydrogen-bond acceptors (Lipinski definition) is 6. The highest BCUT2D eigenvalue weighted by Crippen LogP contribution is 2.20. The smallest absolute Gasteiger partial charge is 0.352 e. The van der Waals surface area contributed by atoms with E-state index in [2.05, 4.69) is 18.9 Å². The Morgan fingerprint density at radius 2 is 1.68 bits per heavy atom. The quantitative estimate of drug-likeness (QED) is 0.445. The van der Waals surface area contributed by atoms with Crippen molar-refractivity contribution in [3.63, 3.8) is 0 Å². The number of carbonyl (C=O) groups is 2. The number of rotatable bonds is 7. The lowest BCUT2D eigenvalue weighted by molar-refractivity contribution is -0.149. The molecule has 0 atom stereocenters. The van der Waals surface area contributed by atoms with E-state index in [-0.39, 0.29) is 24.1 Å². The van der Waals surface area contributed by atoms with Crippen molar-refractivity contribution in [3.05, 3.63) is 91.8 Å². The Balaban J connectivity index is 1.74. The molecule has 4 rings (SSSR count). The van der Waals surface area contributed by atoms with Crippen molar-refractivity contribution < 1.29 is 14.3 Å². The molecule has 2 aromatic carbocycles. The zero-order chi connectivity index (χ0) is 27.4. The number of ether oxygens (including phenoxy) is 1. The minimum Gasteiger partial charge on any atom is -0.466 e. The largest absolute Gasteiger partial charge is 0.466 e. The van der Waals surface area contributed by atoms with Crippen molar-refractivity contribution in [1.29, 1.82) is 0 Å². The molecule has 1 fully saturated rings. The van der Waals surface area contributed by atoms with Crippen LogP contribution in [0.4, 0.5) is 0 Å². The van der Waals surface area contributed by atoms with Gasteiger partial charge in [-0.25, -0.2) is 4.79 Å². The average molecular weight is 519 g/mol. The number of aromatic nitrogens is 3. The van der Waals surface area contributed by atoms with Gasteiger partial charge in [-0.1, -0.05) is 50.2 Å². The third-order valence-corrected chi connectivity index (χ3v) is 7.06. The molecular formula is C29H34N4O5. The Morgan fingerprint density at radius 3 is 2.29 bits per heavy atom. The first-order valence-electron chi connectivity index (χ1n) is 13.1. The second-order valence-electron chi connectivity index (χ2n) is 9.93. The molecule has 1 saturated heterocycles. The summed E-state index contributed by atoms with van der Waals surface area (Å²) < 4.78 is 7.32. The number of hydrogen-bond donors (Lipinski definition) is 0.